The number of alkyl halides is 1. The minimum absolute atomic E-state index is 0.194. The molecular weight excluding hydrogens is 173 g/mol. The fraction of sp³-hybridized carbons (Fsp3) is 0.556. The zero-order valence-corrected chi connectivity index (χ0v) is 7.61. The van der Waals surface area contributed by atoms with Crippen LogP contribution in [0.2, 0.25) is 0 Å². The Balaban J connectivity index is 2.13. The third-order valence-corrected chi connectivity index (χ3v) is 3.21. The van der Waals surface area contributed by atoms with Crippen molar-refractivity contribution in [2.24, 2.45) is 5.92 Å². The summed E-state index contributed by atoms with van der Waals surface area (Å²) >= 11 is 1.69. The van der Waals surface area contributed by atoms with E-state index in [1.165, 1.54) is 5.56 Å². The largest absolute Gasteiger partial charge is 0.316 e. The molecular formula is C9H12FNS. The number of halogens is 1. The van der Waals surface area contributed by atoms with Gasteiger partial charge in [-0.3, -0.25) is 4.39 Å². The number of thiophene rings is 1. The normalized spacial score (nSPS) is 29.4. The quantitative estimate of drug-likeness (QED) is 0.743. The molecule has 12 heavy (non-hydrogen) atoms. The average Bonchev–Trinajstić information content (AvgIpc) is 2.74. The molecule has 1 aliphatic rings. The summed E-state index contributed by atoms with van der Waals surface area (Å²) in [5.74, 6) is 0.598. The lowest BCUT2D eigenvalue weighted by Crippen LogP contribution is -2.11. The Labute approximate surface area is 75.6 Å². The molecule has 1 N–H and O–H groups in total. The Hall–Kier alpha value is -0.410. The summed E-state index contributed by atoms with van der Waals surface area (Å²) in [6.07, 6.45) is 0. The summed E-state index contributed by atoms with van der Waals surface area (Å²) in [4.78, 5) is 0. The van der Waals surface area contributed by atoms with Crippen LogP contribution in [-0.2, 0) is 0 Å². The first-order chi connectivity index (χ1) is 5.92. The molecule has 0 radical (unpaired) electrons. The molecule has 1 fully saturated rings. The molecule has 1 aromatic rings. The Morgan fingerprint density at radius 2 is 2.50 bits per heavy atom. The topological polar surface area (TPSA) is 12.0 Å². The number of hydrogen-bond donors (Lipinski definition) is 1. The van der Waals surface area contributed by atoms with Crippen molar-refractivity contribution in [2.75, 3.05) is 19.8 Å². The van der Waals surface area contributed by atoms with E-state index < -0.39 is 0 Å². The van der Waals surface area contributed by atoms with Gasteiger partial charge in [0.1, 0.15) is 0 Å². The second-order valence-electron chi connectivity index (χ2n) is 3.24. The number of hydrogen-bond acceptors (Lipinski definition) is 2. The van der Waals surface area contributed by atoms with Crippen LogP contribution in [0.3, 0.4) is 0 Å². The van der Waals surface area contributed by atoms with Gasteiger partial charge in [-0.25, -0.2) is 0 Å². The molecule has 0 aliphatic carbocycles. The first kappa shape index (κ1) is 8.20. The van der Waals surface area contributed by atoms with Crippen molar-refractivity contribution in [1.82, 2.24) is 5.32 Å². The molecule has 2 atom stereocenters. The van der Waals surface area contributed by atoms with Gasteiger partial charge in [0.05, 0.1) is 6.67 Å². The van der Waals surface area contributed by atoms with Gasteiger partial charge in [0.25, 0.3) is 0 Å². The second kappa shape index (κ2) is 3.54. The van der Waals surface area contributed by atoms with Crippen LogP contribution in [0.5, 0.6) is 0 Å². The minimum Gasteiger partial charge on any atom is -0.316 e. The van der Waals surface area contributed by atoms with E-state index in [2.05, 4.69) is 22.1 Å². The van der Waals surface area contributed by atoms with Crippen molar-refractivity contribution < 1.29 is 4.39 Å². The van der Waals surface area contributed by atoms with Crippen molar-refractivity contribution >= 4 is 11.3 Å². The molecule has 0 saturated carbocycles. The van der Waals surface area contributed by atoms with Crippen molar-refractivity contribution in [1.29, 1.82) is 0 Å². The standard InChI is InChI=1S/C9H12FNS/c10-3-8-4-11-5-9(8)7-1-2-12-6-7/h1-2,6,8-9,11H,3-5H2/t8-,9-/m0/s1. The molecule has 1 nitrogen and oxygen atoms in total. The fourth-order valence-electron chi connectivity index (χ4n) is 1.77. The highest BCUT2D eigenvalue weighted by atomic mass is 32.1. The van der Waals surface area contributed by atoms with E-state index in [9.17, 15) is 4.39 Å². The zero-order chi connectivity index (χ0) is 8.39. The maximum Gasteiger partial charge on any atom is 0.0941 e. The van der Waals surface area contributed by atoms with Crippen LogP contribution in [-0.4, -0.2) is 19.8 Å². The van der Waals surface area contributed by atoms with Gasteiger partial charge in [-0.05, 0) is 22.4 Å². The summed E-state index contributed by atoms with van der Waals surface area (Å²) in [5.41, 5.74) is 1.30. The smallest absolute Gasteiger partial charge is 0.0941 e. The van der Waals surface area contributed by atoms with E-state index in [1.54, 1.807) is 11.3 Å². The maximum absolute atomic E-state index is 12.5. The summed E-state index contributed by atoms with van der Waals surface area (Å²) < 4.78 is 12.5. The predicted octanol–water partition coefficient (Wildman–Crippen LogP) is 2.02. The summed E-state index contributed by atoms with van der Waals surface area (Å²) in [5, 5.41) is 7.41. The molecule has 0 unspecified atom stereocenters. The SMILES string of the molecule is FC[C@H]1CNC[C@H]1c1ccsc1. The van der Waals surface area contributed by atoms with Crippen LogP contribution < -0.4 is 5.32 Å². The van der Waals surface area contributed by atoms with E-state index >= 15 is 0 Å². The van der Waals surface area contributed by atoms with E-state index in [1.807, 2.05) is 0 Å². The van der Waals surface area contributed by atoms with E-state index in [0.717, 1.165) is 13.1 Å². The van der Waals surface area contributed by atoms with Crippen molar-refractivity contribution in [3.05, 3.63) is 22.4 Å². The molecule has 1 aromatic heterocycles. The van der Waals surface area contributed by atoms with Crippen molar-refractivity contribution in [3.63, 3.8) is 0 Å². The highest BCUT2D eigenvalue weighted by Crippen LogP contribution is 2.29. The summed E-state index contributed by atoms with van der Waals surface area (Å²) in [6, 6.07) is 2.10. The molecule has 2 heterocycles. The highest BCUT2D eigenvalue weighted by Gasteiger charge is 2.28. The Morgan fingerprint density at radius 3 is 3.17 bits per heavy atom. The summed E-state index contributed by atoms with van der Waals surface area (Å²) in [7, 11) is 0. The minimum atomic E-state index is -0.201. The van der Waals surface area contributed by atoms with Gasteiger partial charge < -0.3 is 5.32 Å². The molecule has 1 saturated heterocycles. The van der Waals surface area contributed by atoms with Gasteiger partial charge in [0.2, 0.25) is 0 Å². The van der Waals surface area contributed by atoms with E-state index in [0.29, 0.717) is 5.92 Å². The van der Waals surface area contributed by atoms with Crippen LogP contribution in [0.1, 0.15) is 11.5 Å². The number of nitrogens with one attached hydrogen (secondary N) is 1. The maximum atomic E-state index is 12.5. The first-order valence-electron chi connectivity index (χ1n) is 4.20. The number of rotatable bonds is 2. The van der Waals surface area contributed by atoms with E-state index in [-0.39, 0.29) is 12.6 Å². The van der Waals surface area contributed by atoms with Gasteiger partial charge in [0.15, 0.2) is 0 Å². The molecule has 66 valence electrons. The molecule has 0 bridgehead atoms. The van der Waals surface area contributed by atoms with Crippen molar-refractivity contribution in [3.8, 4) is 0 Å². The highest BCUT2D eigenvalue weighted by molar-refractivity contribution is 7.07. The van der Waals surface area contributed by atoms with Gasteiger partial charge in [0, 0.05) is 24.9 Å². The molecule has 0 spiro atoms. The molecule has 1 aliphatic heterocycles. The Bertz CT molecular complexity index is 235. The lowest BCUT2D eigenvalue weighted by Gasteiger charge is -2.12. The Kier molecular flexibility index (Phi) is 2.42. The molecule has 3 heteroatoms. The van der Waals surface area contributed by atoms with Gasteiger partial charge in [-0.2, -0.15) is 11.3 Å². The lowest BCUT2D eigenvalue weighted by atomic mass is 9.92. The zero-order valence-electron chi connectivity index (χ0n) is 6.79. The average molecular weight is 185 g/mol. The predicted molar refractivity (Wildman–Crippen MR) is 49.4 cm³/mol. The monoisotopic (exact) mass is 185 g/mol. The van der Waals surface area contributed by atoms with E-state index in [4.69, 9.17) is 0 Å². The molecule has 0 amide bonds. The summed E-state index contributed by atoms with van der Waals surface area (Å²) in [6.45, 7) is 1.57. The van der Waals surface area contributed by atoms with Gasteiger partial charge >= 0.3 is 0 Å². The van der Waals surface area contributed by atoms with Crippen LogP contribution in [0.15, 0.2) is 16.8 Å². The molecule has 2 rings (SSSR count). The van der Waals surface area contributed by atoms with Crippen LogP contribution >= 0.6 is 11.3 Å². The molecule has 0 aromatic carbocycles. The van der Waals surface area contributed by atoms with Crippen LogP contribution in [0.25, 0.3) is 0 Å². The van der Waals surface area contributed by atoms with Crippen LogP contribution in [0.4, 0.5) is 4.39 Å². The lowest BCUT2D eigenvalue weighted by molar-refractivity contribution is 0.359. The second-order valence-corrected chi connectivity index (χ2v) is 4.02. The fourth-order valence-corrected chi connectivity index (χ4v) is 2.50. The Morgan fingerprint density at radius 1 is 1.58 bits per heavy atom. The third-order valence-electron chi connectivity index (χ3n) is 2.51. The third kappa shape index (κ3) is 1.39. The first-order valence-corrected chi connectivity index (χ1v) is 5.15. The van der Waals surface area contributed by atoms with Crippen LogP contribution in [0, 0.1) is 5.92 Å². The van der Waals surface area contributed by atoms with Gasteiger partial charge in [-0.1, -0.05) is 0 Å². The van der Waals surface area contributed by atoms with Gasteiger partial charge in [-0.15, -0.1) is 0 Å². The van der Waals surface area contributed by atoms with Crippen molar-refractivity contribution in [2.45, 2.75) is 5.92 Å².